The smallest absolute Gasteiger partial charge is 0.136 e. The zero-order valence-corrected chi connectivity index (χ0v) is 14.3. The Labute approximate surface area is 130 Å². The zero-order valence-electron chi connectivity index (χ0n) is 12.7. The van der Waals surface area contributed by atoms with Gasteiger partial charge in [0.2, 0.25) is 0 Å². The van der Waals surface area contributed by atoms with Crippen LogP contribution in [0.5, 0.6) is 11.5 Å². The minimum atomic E-state index is 0.824. The van der Waals surface area contributed by atoms with Gasteiger partial charge in [-0.05, 0) is 41.3 Å². The molecule has 1 aromatic carbocycles. The summed E-state index contributed by atoms with van der Waals surface area (Å²) in [5, 5.41) is 0. The van der Waals surface area contributed by atoms with Crippen molar-refractivity contribution in [3.05, 3.63) is 22.2 Å². The van der Waals surface area contributed by atoms with Crippen molar-refractivity contribution in [1.82, 2.24) is 0 Å². The summed E-state index contributed by atoms with van der Waals surface area (Å²) in [4.78, 5) is 1.66. The fraction of sp³-hybridized carbons (Fsp3) is 0.625. The van der Waals surface area contributed by atoms with Crippen LogP contribution in [0.25, 0.3) is 0 Å². The molecule has 0 amide bonds. The van der Waals surface area contributed by atoms with Gasteiger partial charge in [-0.3, -0.25) is 0 Å². The van der Waals surface area contributed by atoms with Gasteiger partial charge in [0.15, 0.2) is 0 Å². The third-order valence-corrected chi connectivity index (χ3v) is 4.49. The van der Waals surface area contributed by atoms with Gasteiger partial charge in [-0.25, -0.2) is 0 Å². The normalized spacial score (nSPS) is 16.0. The highest BCUT2D eigenvalue weighted by Crippen LogP contribution is 2.32. The van der Waals surface area contributed by atoms with Crippen LogP contribution in [-0.2, 0) is 6.54 Å². The number of nitrogens with one attached hydrogen (secondary N) is 1. The van der Waals surface area contributed by atoms with Crippen LogP contribution in [0.4, 0.5) is 0 Å². The van der Waals surface area contributed by atoms with E-state index in [1.807, 2.05) is 6.07 Å². The molecule has 0 bridgehead atoms. The average molecular weight is 343 g/mol. The van der Waals surface area contributed by atoms with Crippen molar-refractivity contribution in [3.8, 4) is 11.5 Å². The van der Waals surface area contributed by atoms with Gasteiger partial charge in [0.1, 0.15) is 18.0 Å². The summed E-state index contributed by atoms with van der Waals surface area (Å²) in [6.45, 7) is 5.80. The summed E-state index contributed by atoms with van der Waals surface area (Å²) < 4.78 is 11.9. The molecule has 1 saturated carbocycles. The molecule has 0 saturated heterocycles. The van der Waals surface area contributed by atoms with Crippen LogP contribution in [0.1, 0.15) is 31.7 Å². The number of benzene rings is 1. The second kappa shape index (κ2) is 7.32. The molecule has 3 nitrogen and oxygen atoms in total. The molecule has 112 valence electrons. The molecule has 1 atom stereocenters. The van der Waals surface area contributed by atoms with Gasteiger partial charge in [0.05, 0.1) is 31.8 Å². The predicted molar refractivity (Wildman–Crippen MR) is 84.7 cm³/mol. The molecule has 1 fully saturated rings. The third kappa shape index (κ3) is 4.13. The maximum absolute atomic E-state index is 5.53. The Morgan fingerprint density at radius 1 is 1.20 bits per heavy atom. The minimum Gasteiger partial charge on any atom is -0.496 e. The number of halogens is 1. The standard InChI is InChI=1S/C16H24BrNO2/c1-4-7-18(10-12-5-6-12)11-13-8-14(17)16(20-3)9-15(13)19-2/h8-9,12H,4-7,10-11H2,1-3H3/p+1. The topological polar surface area (TPSA) is 22.9 Å². The Balaban J connectivity index is 2.14. The Hall–Kier alpha value is -0.740. The van der Waals surface area contributed by atoms with E-state index in [1.54, 1.807) is 19.1 Å². The molecule has 20 heavy (non-hydrogen) atoms. The summed E-state index contributed by atoms with van der Waals surface area (Å²) in [6.07, 6.45) is 4.05. The second-order valence-corrected chi connectivity index (χ2v) is 6.48. The maximum atomic E-state index is 5.53. The van der Waals surface area contributed by atoms with Crippen LogP contribution in [-0.4, -0.2) is 27.3 Å². The largest absolute Gasteiger partial charge is 0.496 e. The monoisotopic (exact) mass is 342 g/mol. The van der Waals surface area contributed by atoms with Gasteiger partial charge >= 0.3 is 0 Å². The molecule has 0 heterocycles. The quantitative estimate of drug-likeness (QED) is 0.784. The first kappa shape index (κ1) is 15.6. The van der Waals surface area contributed by atoms with Crippen molar-refractivity contribution in [3.63, 3.8) is 0 Å². The number of hydrogen-bond donors (Lipinski definition) is 1. The van der Waals surface area contributed by atoms with Crippen LogP contribution >= 0.6 is 15.9 Å². The number of quaternary nitrogens is 1. The van der Waals surface area contributed by atoms with Crippen molar-refractivity contribution in [1.29, 1.82) is 0 Å². The molecule has 4 heteroatoms. The van der Waals surface area contributed by atoms with Crippen LogP contribution in [0.3, 0.4) is 0 Å². The first-order chi connectivity index (χ1) is 9.67. The lowest BCUT2D eigenvalue weighted by Gasteiger charge is -2.20. The molecule has 0 spiro atoms. The molecule has 0 aromatic heterocycles. The summed E-state index contributed by atoms with van der Waals surface area (Å²) in [7, 11) is 3.41. The van der Waals surface area contributed by atoms with Crippen LogP contribution < -0.4 is 14.4 Å². The highest BCUT2D eigenvalue weighted by molar-refractivity contribution is 9.10. The van der Waals surface area contributed by atoms with Crippen molar-refractivity contribution in [2.24, 2.45) is 5.92 Å². The molecule has 2 rings (SSSR count). The molecule has 1 aromatic rings. The molecule has 0 radical (unpaired) electrons. The number of methoxy groups -OCH3 is 2. The summed E-state index contributed by atoms with van der Waals surface area (Å²) in [5.41, 5.74) is 1.25. The van der Waals surface area contributed by atoms with Crippen molar-refractivity contribution >= 4 is 15.9 Å². The van der Waals surface area contributed by atoms with Crippen LogP contribution in [0.2, 0.25) is 0 Å². The van der Waals surface area contributed by atoms with E-state index in [2.05, 4.69) is 28.9 Å². The van der Waals surface area contributed by atoms with E-state index >= 15 is 0 Å². The van der Waals surface area contributed by atoms with Gasteiger partial charge < -0.3 is 14.4 Å². The fourth-order valence-corrected chi connectivity index (χ4v) is 3.23. The SMILES string of the molecule is CCC[NH+](Cc1cc(Br)c(OC)cc1OC)CC1CC1. The van der Waals surface area contributed by atoms with Crippen LogP contribution in [0.15, 0.2) is 16.6 Å². The zero-order chi connectivity index (χ0) is 14.5. The Bertz CT molecular complexity index is 446. The van der Waals surface area contributed by atoms with Crippen molar-refractivity contribution in [2.75, 3.05) is 27.3 Å². The fourth-order valence-electron chi connectivity index (χ4n) is 2.68. The molecular weight excluding hydrogens is 318 g/mol. The molecule has 1 unspecified atom stereocenters. The lowest BCUT2D eigenvalue weighted by Crippen LogP contribution is -3.11. The van der Waals surface area contributed by atoms with Gasteiger partial charge in [0.25, 0.3) is 0 Å². The van der Waals surface area contributed by atoms with E-state index < -0.39 is 0 Å². The molecular formula is C16H25BrNO2+. The van der Waals surface area contributed by atoms with Crippen molar-refractivity contribution < 1.29 is 14.4 Å². The van der Waals surface area contributed by atoms with E-state index in [0.717, 1.165) is 28.4 Å². The van der Waals surface area contributed by atoms with E-state index in [0.29, 0.717) is 0 Å². The minimum absolute atomic E-state index is 0.824. The number of ether oxygens (including phenoxy) is 2. The van der Waals surface area contributed by atoms with E-state index in [-0.39, 0.29) is 0 Å². The van der Waals surface area contributed by atoms with E-state index in [1.165, 1.54) is 37.9 Å². The first-order valence-corrected chi connectivity index (χ1v) is 8.21. The molecule has 1 aliphatic rings. The van der Waals surface area contributed by atoms with E-state index in [9.17, 15) is 0 Å². The lowest BCUT2D eigenvalue weighted by atomic mass is 10.1. The highest BCUT2D eigenvalue weighted by atomic mass is 79.9. The summed E-state index contributed by atoms with van der Waals surface area (Å²) >= 11 is 3.57. The Morgan fingerprint density at radius 2 is 1.90 bits per heavy atom. The summed E-state index contributed by atoms with van der Waals surface area (Å²) in [6, 6.07) is 4.11. The van der Waals surface area contributed by atoms with Gasteiger partial charge in [-0.15, -0.1) is 0 Å². The second-order valence-electron chi connectivity index (χ2n) is 5.62. The predicted octanol–water partition coefficient (Wildman–Crippen LogP) is 2.67. The Kier molecular flexibility index (Phi) is 5.73. The Morgan fingerprint density at radius 3 is 2.45 bits per heavy atom. The van der Waals surface area contributed by atoms with Gasteiger partial charge in [-0.1, -0.05) is 6.92 Å². The lowest BCUT2D eigenvalue weighted by molar-refractivity contribution is -0.915. The third-order valence-electron chi connectivity index (χ3n) is 3.87. The molecule has 1 N–H and O–H groups in total. The molecule has 1 aliphatic carbocycles. The maximum Gasteiger partial charge on any atom is 0.136 e. The summed E-state index contributed by atoms with van der Waals surface area (Å²) in [5.74, 6) is 2.70. The van der Waals surface area contributed by atoms with Gasteiger partial charge in [0, 0.05) is 17.5 Å². The van der Waals surface area contributed by atoms with E-state index in [4.69, 9.17) is 9.47 Å². The van der Waals surface area contributed by atoms with Crippen LogP contribution in [0, 0.1) is 5.92 Å². The molecule has 0 aliphatic heterocycles. The van der Waals surface area contributed by atoms with Crippen molar-refractivity contribution in [2.45, 2.75) is 32.7 Å². The number of rotatable bonds is 8. The number of hydrogen-bond acceptors (Lipinski definition) is 2. The highest BCUT2D eigenvalue weighted by Gasteiger charge is 2.27. The van der Waals surface area contributed by atoms with Gasteiger partial charge in [-0.2, -0.15) is 0 Å². The average Bonchev–Trinajstić information content (AvgIpc) is 3.23. The first-order valence-electron chi connectivity index (χ1n) is 7.41.